The molecule has 3 heterocycles. The SMILES string of the molecule is CCN1CC(c2ccccc2)CC2(CCN(C(=O)c3cc(C)[nH]n3)CC2)C1. The van der Waals surface area contributed by atoms with Crippen molar-refractivity contribution in [3.05, 3.63) is 53.3 Å². The van der Waals surface area contributed by atoms with Gasteiger partial charge in [0.1, 0.15) is 5.69 Å². The van der Waals surface area contributed by atoms with Crippen molar-refractivity contribution in [1.29, 1.82) is 0 Å². The minimum atomic E-state index is 0.0666. The molecule has 1 aromatic heterocycles. The molecule has 1 unspecified atom stereocenters. The number of rotatable bonds is 3. The van der Waals surface area contributed by atoms with E-state index in [-0.39, 0.29) is 5.91 Å². The predicted octanol–water partition coefficient (Wildman–Crippen LogP) is 3.45. The highest BCUT2D eigenvalue weighted by Gasteiger charge is 2.42. The topological polar surface area (TPSA) is 52.2 Å². The highest BCUT2D eigenvalue weighted by molar-refractivity contribution is 5.92. The lowest BCUT2D eigenvalue weighted by atomic mass is 9.68. The van der Waals surface area contributed by atoms with Gasteiger partial charge in [-0.05, 0) is 55.7 Å². The molecule has 0 saturated carbocycles. The van der Waals surface area contributed by atoms with Gasteiger partial charge in [-0.25, -0.2) is 0 Å². The minimum Gasteiger partial charge on any atom is -0.337 e. The summed E-state index contributed by atoms with van der Waals surface area (Å²) in [5, 5.41) is 7.03. The molecule has 144 valence electrons. The average Bonchev–Trinajstić information content (AvgIpc) is 3.15. The van der Waals surface area contributed by atoms with E-state index in [4.69, 9.17) is 0 Å². The third kappa shape index (κ3) is 3.79. The summed E-state index contributed by atoms with van der Waals surface area (Å²) in [5.41, 5.74) is 3.26. The van der Waals surface area contributed by atoms with Crippen molar-refractivity contribution >= 4 is 5.91 Å². The summed E-state index contributed by atoms with van der Waals surface area (Å²) < 4.78 is 0. The molecule has 0 radical (unpaired) electrons. The van der Waals surface area contributed by atoms with Crippen LogP contribution in [0.25, 0.3) is 0 Å². The first-order valence-electron chi connectivity index (χ1n) is 10.2. The smallest absolute Gasteiger partial charge is 0.274 e. The van der Waals surface area contributed by atoms with Gasteiger partial charge in [-0.3, -0.25) is 9.89 Å². The number of carbonyl (C=O) groups excluding carboxylic acids is 1. The number of nitrogens with zero attached hydrogens (tertiary/aromatic N) is 3. The third-order valence-corrected chi connectivity index (χ3v) is 6.47. The molecule has 2 aliphatic heterocycles. The first-order chi connectivity index (χ1) is 13.1. The quantitative estimate of drug-likeness (QED) is 0.905. The highest BCUT2D eigenvalue weighted by atomic mass is 16.2. The van der Waals surface area contributed by atoms with Gasteiger partial charge in [-0.15, -0.1) is 0 Å². The number of benzene rings is 1. The second-order valence-corrected chi connectivity index (χ2v) is 8.37. The van der Waals surface area contributed by atoms with Gasteiger partial charge in [0.05, 0.1) is 0 Å². The van der Waals surface area contributed by atoms with E-state index in [9.17, 15) is 4.79 Å². The Kier molecular flexibility index (Phi) is 5.04. The fourth-order valence-corrected chi connectivity index (χ4v) is 4.93. The van der Waals surface area contributed by atoms with E-state index in [1.807, 2.05) is 17.9 Å². The largest absolute Gasteiger partial charge is 0.337 e. The van der Waals surface area contributed by atoms with E-state index in [1.54, 1.807) is 0 Å². The van der Waals surface area contributed by atoms with Crippen LogP contribution in [0.5, 0.6) is 0 Å². The van der Waals surface area contributed by atoms with Crippen molar-refractivity contribution in [2.75, 3.05) is 32.7 Å². The predicted molar refractivity (Wildman–Crippen MR) is 107 cm³/mol. The molecule has 2 aliphatic rings. The summed E-state index contributed by atoms with van der Waals surface area (Å²) in [7, 11) is 0. The first-order valence-corrected chi connectivity index (χ1v) is 10.2. The standard InChI is InChI=1S/C22H30N4O/c1-3-25-15-19(18-7-5-4-6-8-18)14-22(16-25)9-11-26(12-10-22)21(27)20-13-17(2)23-24-20/h4-8,13,19H,3,9-12,14-16H2,1-2H3,(H,23,24). The van der Waals surface area contributed by atoms with E-state index in [2.05, 4.69) is 52.4 Å². The van der Waals surface area contributed by atoms with Gasteiger partial charge in [0.15, 0.2) is 0 Å². The van der Waals surface area contributed by atoms with Crippen LogP contribution in [-0.2, 0) is 0 Å². The molecule has 5 nitrogen and oxygen atoms in total. The number of hydrogen-bond acceptors (Lipinski definition) is 3. The minimum absolute atomic E-state index is 0.0666. The fraction of sp³-hybridized carbons (Fsp3) is 0.545. The Morgan fingerprint density at radius 2 is 2.00 bits per heavy atom. The molecule has 5 heteroatoms. The van der Waals surface area contributed by atoms with E-state index < -0.39 is 0 Å². The summed E-state index contributed by atoms with van der Waals surface area (Å²) in [4.78, 5) is 17.3. The maximum Gasteiger partial charge on any atom is 0.274 e. The maximum absolute atomic E-state index is 12.7. The summed E-state index contributed by atoms with van der Waals surface area (Å²) in [6.45, 7) is 9.28. The molecule has 1 spiro atoms. The molecular formula is C22H30N4O. The molecule has 27 heavy (non-hydrogen) atoms. The highest BCUT2D eigenvalue weighted by Crippen LogP contribution is 2.45. The van der Waals surface area contributed by atoms with Crippen molar-refractivity contribution in [3.63, 3.8) is 0 Å². The van der Waals surface area contributed by atoms with Crippen LogP contribution >= 0.6 is 0 Å². The van der Waals surface area contributed by atoms with Crippen LogP contribution in [0.15, 0.2) is 36.4 Å². The normalized spacial score (nSPS) is 22.9. The van der Waals surface area contributed by atoms with Crippen molar-refractivity contribution in [2.45, 2.75) is 39.0 Å². The molecule has 2 fully saturated rings. The van der Waals surface area contributed by atoms with Gasteiger partial charge in [-0.1, -0.05) is 37.3 Å². The van der Waals surface area contributed by atoms with E-state index in [0.29, 0.717) is 17.0 Å². The van der Waals surface area contributed by atoms with Gasteiger partial charge in [0.2, 0.25) is 0 Å². The van der Waals surface area contributed by atoms with Crippen LogP contribution in [0.1, 0.15) is 53.8 Å². The fourth-order valence-electron chi connectivity index (χ4n) is 4.93. The lowest BCUT2D eigenvalue weighted by molar-refractivity contribution is 0.0156. The summed E-state index contributed by atoms with van der Waals surface area (Å²) in [6, 6.07) is 12.8. The Morgan fingerprint density at radius 1 is 1.26 bits per heavy atom. The van der Waals surface area contributed by atoms with Crippen LogP contribution in [0.4, 0.5) is 0 Å². The zero-order chi connectivity index (χ0) is 18.9. The Bertz CT molecular complexity index is 777. The second-order valence-electron chi connectivity index (χ2n) is 8.37. The Labute approximate surface area is 161 Å². The summed E-state index contributed by atoms with van der Waals surface area (Å²) in [5.74, 6) is 0.660. The number of aromatic nitrogens is 2. The van der Waals surface area contributed by atoms with Crippen LogP contribution < -0.4 is 0 Å². The molecule has 2 aromatic rings. The maximum atomic E-state index is 12.7. The van der Waals surface area contributed by atoms with Gasteiger partial charge in [0, 0.05) is 31.9 Å². The van der Waals surface area contributed by atoms with Crippen LogP contribution in [0, 0.1) is 12.3 Å². The van der Waals surface area contributed by atoms with E-state index >= 15 is 0 Å². The molecule has 4 rings (SSSR count). The first kappa shape index (κ1) is 18.2. The van der Waals surface area contributed by atoms with Crippen molar-refractivity contribution < 1.29 is 4.79 Å². The van der Waals surface area contributed by atoms with Gasteiger partial charge in [-0.2, -0.15) is 5.10 Å². The lowest BCUT2D eigenvalue weighted by Gasteiger charge is -2.50. The zero-order valence-corrected chi connectivity index (χ0v) is 16.4. The number of aryl methyl sites for hydroxylation is 1. The lowest BCUT2D eigenvalue weighted by Crippen LogP contribution is -2.52. The number of nitrogens with one attached hydrogen (secondary N) is 1. The van der Waals surface area contributed by atoms with Crippen molar-refractivity contribution in [1.82, 2.24) is 20.0 Å². The number of likely N-dealkylation sites (N-methyl/N-ethyl adjacent to an activating group) is 1. The van der Waals surface area contributed by atoms with Crippen LogP contribution in [0.2, 0.25) is 0 Å². The number of likely N-dealkylation sites (tertiary alicyclic amines) is 2. The molecule has 1 aromatic carbocycles. The molecule has 2 saturated heterocycles. The molecule has 1 amide bonds. The summed E-state index contributed by atoms with van der Waals surface area (Å²) in [6.07, 6.45) is 3.40. The molecule has 0 aliphatic carbocycles. The number of amides is 1. The van der Waals surface area contributed by atoms with Gasteiger partial charge in [0.25, 0.3) is 5.91 Å². The Balaban J connectivity index is 1.46. The third-order valence-electron chi connectivity index (χ3n) is 6.47. The van der Waals surface area contributed by atoms with Crippen molar-refractivity contribution in [3.8, 4) is 0 Å². The zero-order valence-electron chi connectivity index (χ0n) is 16.4. The second kappa shape index (κ2) is 7.47. The average molecular weight is 367 g/mol. The molecule has 0 bridgehead atoms. The van der Waals surface area contributed by atoms with Crippen molar-refractivity contribution in [2.24, 2.45) is 5.41 Å². The van der Waals surface area contributed by atoms with E-state index in [0.717, 1.165) is 51.3 Å². The number of carbonyl (C=O) groups is 1. The van der Waals surface area contributed by atoms with Gasteiger partial charge >= 0.3 is 0 Å². The summed E-state index contributed by atoms with van der Waals surface area (Å²) >= 11 is 0. The molecular weight excluding hydrogens is 336 g/mol. The number of aromatic amines is 1. The Morgan fingerprint density at radius 3 is 2.63 bits per heavy atom. The van der Waals surface area contributed by atoms with Gasteiger partial charge < -0.3 is 9.80 Å². The molecule has 1 N–H and O–H groups in total. The number of H-pyrrole nitrogens is 1. The number of hydrogen-bond donors (Lipinski definition) is 1. The number of piperidine rings is 2. The van der Waals surface area contributed by atoms with Crippen LogP contribution in [-0.4, -0.2) is 58.6 Å². The Hall–Kier alpha value is -2.14. The monoisotopic (exact) mass is 366 g/mol. The van der Waals surface area contributed by atoms with Crippen LogP contribution in [0.3, 0.4) is 0 Å². The molecule has 1 atom stereocenters. The van der Waals surface area contributed by atoms with E-state index in [1.165, 1.54) is 12.0 Å².